The second-order valence-corrected chi connectivity index (χ2v) is 8.73. The quantitative estimate of drug-likeness (QED) is 0.772. The van der Waals surface area contributed by atoms with Crippen molar-refractivity contribution >= 4 is 35.0 Å². The predicted molar refractivity (Wildman–Crippen MR) is 106 cm³/mol. The Bertz CT molecular complexity index is 710. The third kappa shape index (κ3) is 5.08. The highest BCUT2D eigenvalue weighted by Gasteiger charge is 2.41. The van der Waals surface area contributed by atoms with Crippen LogP contribution >= 0.6 is 23.2 Å². The van der Waals surface area contributed by atoms with E-state index in [0.717, 1.165) is 19.3 Å². The number of benzene rings is 1. The molecular weight excluding hydrogens is 387 g/mol. The van der Waals surface area contributed by atoms with E-state index < -0.39 is 0 Å². The van der Waals surface area contributed by atoms with Gasteiger partial charge in [0.2, 0.25) is 5.91 Å². The smallest absolute Gasteiger partial charge is 0.258 e. The van der Waals surface area contributed by atoms with Gasteiger partial charge in [-0.2, -0.15) is 0 Å². The lowest BCUT2D eigenvalue weighted by atomic mass is 9.67. The molecule has 27 heavy (non-hydrogen) atoms. The van der Waals surface area contributed by atoms with Crippen LogP contribution in [0.15, 0.2) is 18.2 Å². The van der Waals surface area contributed by atoms with E-state index in [-0.39, 0.29) is 30.5 Å². The fraction of sp³-hybridized carbons (Fsp3) is 0.600. The van der Waals surface area contributed by atoms with Crippen LogP contribution in [-0.4, -0.2) is 30.5 Å². The lowest BCUT2D eigenvalue weighted by Gasteiger charge is -2.45. The number of carbonyl (C=O) groups is 2. The van der Waals surface area contributed by atoms with Gasteiger partial charge in [-0.15, -0.1) is 0 Å². The lowest BCUT2D eigenvalue weighted by molar-refractivity contribution is -0.128. The number of carbonyl (C=O) groups excluding carboxylic acids is 2. The molecule has 1 aliphatic heterocycles. The van der Waals surface area contributed by atoms with Gasteiger partial charge >= 0.3 is 0 Å². The molecule has 0 spiro atoms. The molecule has 148 valence electrons. The van der Waals surface area contributed by atoms with Crippen LogP contribution in [0.3, 0.4) is 0 Å². The van der Waals surface area contributed by atoms with Crippen LogP contribution in [0.1, 0.15) is 39.5 Å². The molecule has 1 aliphatic carbocycles. The molecule has 2 N–H and O–H groups in total. The average Bonchev–Trinajstić information content (AvgIpc) is 2.59. The van der Waals surface area contributed by atoms with Crippen molar-refractivity contribution in [2.24, 2.45) is 17.8 Å². The summed E-state index contributed by atoms with van der Waals surface area (Å²) in [5, 5.41) is 7.04. The zero-order valence-corrected chi connectivity index (χ0v) is 17.1. The fourth-order valence-electron chi connectivity index (χ4n) is 4.37. The second kappa shape index (κ2) is 8.70. The molecule has 4 atom stereocenters. The van der Waals surface area contributed by atoms with Crippen molar-refractivity contribution < 1.29 is 14.3 Å². The molecule has 1 saturated heterocycles. The summed E-state index contributed by atoms with van der Waals surface area (Å²) >= 11 is 11.9. The summed E-state index contributed by atoms with van der Waals surface area (Å²) in [6.07, 6.45) is 3.33. The van der Waals surface area contributed by atoms with Crippen molar-refractivity contribution in [2.75, 3.05) is 6.61 Å². The summed E-state index contributed by atoms with van der Waals surface area (Å²) < 4.78 is 5.49. The Labute approximate surface area is 170 Å². The van der Waals surface area contributed by atoms with Gasteiger partial charge in [0.1, 0.15) is 5.75 Å². The number of piperidine rings is 1. The molecule has 1 aromatic rings. The first-order chi connectivity index (χ1) is 12.8. The maximum absolute atomic E-state index is 12.3. The zero-order chi connectivity index (χ0) is 19.6. The molecule has 2 aliphatic rings. The average molecular weight is 413 g/mol. The molecule has 0 radical (unpaired) electrons. The van der Waals surface area contributed by atoms with Crippen LogP contribution in [0, 0.1) is 17.8 Å². The van der Waals surface area contributed by atoms with Crippen LogP contribution in [-0.2, 0) is 9.59 Å². The van der Waals surface area contributed by atoms with Crippen LogP contribution in [0.4, 0.5) is 0 Å². The summed E-state index contributed by atoms with van der Waals surface area (Å²) in [6, 6.07) is 5.08. The number of nitrogens with one attached hydrogen (secondary N) is 2. The standard InChI is InChI=1S/C20H26Cl2N2O3/c1-11(2)15-9-19(25)24-17-8-13(4-5-14(15)17)23-20(26)10-27-18-6-3-12(21)7-16(18)22/h3,6-7,11,13-15,17H,4-5,8-10H2,1-2H3,(H,23,26)(H,24,25). The summed E-state index contributed by atoms with van der Waals surface area (Å²) in [5.74, 6) is 1.79. The molecule has 2 amide bonds. The minimum Gasteiger partial charge on any atom is -0.482 e. The van der Waals surface area contributed by atoms with Crippen molar-refractivity contribution in [3.8, 4) is 5.75 Å². The Morgan fingerprint density at radius 2 is 2.11 bits per heavy atom. The number of ether oxygens (including phenoxy) is 1. The molecule has 1 heterocycles. The van der Waals surface area contributed by atoms with Gasteiger partial charge in [-0.1, -0.05) is 37.0 Å². The largest absolute Gasteiger partial charge is 0.482 e. The number of fused-ring (bicyclic) bond motifs is 1. The first-order valence-corrected chi connectivity index (χ1v) is 10.3. The number of halogens is 2. The highest BCUT2D eigenvalue weighted by Crippen LogP contribution is 2.39. The summed E-state index contributed by atoms with van der Waals surface area (Å²) in [5.41, 5.74) is 0. The lowest BCUT2D eigenvalue weighted by Crippen LogP contribution is -2.56. The summed E-state index contributed by atoms with van der Waals surface area (Å²) in [4.78, 5) is 24.3. The van der Waals surface area contributed by atoms with E-state index in [4.69, 9.17) is 27.9 Å². The van der Waals surface area contributed by atoms with Crippen molar-refractivity contribution in [3.63, 3.8) is 0 Å². The van der Waals surface area contributed by atoms with Crippen LogP contribution in [0.2, 0.25) is 10.0 Å². The Kier molecular flexibility index (Phi) is 6.53. The zero-order valence-electron chi connectivity index (χ0n) is 15.6. The SMILES string of the molecule is CC(C)C1CC(=O)NC2CC(NC(=O)COc3ccc(Cl)cc3Cl)CCC21. The van der Waals surface area contributed by atoms with Crippen LogP contribution < -0.4 is 15.4 Å². The van der Waals surface area contributed by atoms with Gasteiger partial charge in [0, 0.05) is 23.5 Å². The van der Waals surface area contributed by atoms with E-state index in [9.17, 15) is 9.59 Å². The van der Waals surface area contributed by atoms with Gasteiger partial charge in [0.05, 0.1) is 5.02 Å². The first-order valence-electron chi connectivity index (χ1n) is 9.50. The molecule has 4 unspecified atom stereocenters. The van der Waals surface area contributed by atoms with E-state index in [0.29, 0.717) is 40.0 Å². The first kappa shape index (κ1) is 20.3. The molecule has 1 aromatic carbocycles. The van der Waals surface area contributed by atoms with E-state index >= 15 is 0 Å². The maximum atomic E-state index is 12.3. The number of amides is 2. The molecule has 0 aromatic heterocycles. The Hall–Kier alpha value is -1.46. The van der Waals surface area contributed by atoms with E-state index in [1.807, 2.05) is 0 Å². The predicted octanol–water partition coefficient (Wildman–Crippen LogP) is 3.82. The van der Waals surface area contributed by atoms with Gasteiger partial charge in [-0.05, 0) is 55.2 Å². The van der Waals surface area contributed by atoms with Crippen molar-refractivity contribution in [2.45, 2.75) is 51.6 Å². The summed E-state index contributed by atoms with van der Waals surface area (Å²) in [7, 11) is 0. The Balaban J connectivity index is 1.51. The molecule has 5 nitrogen and oxygen atoms in total. The van der Waals surface area contributed by atoms with Gasteiger partial charge in [-0.3, -0.25) is 9.59 Å². The van der Waals surface area contributed by atoms with Gasteiger partial charge in [-0.25, -0.2) is 0 Å². The second-order valence-electron chi connectivity index (χ2n) is 7.89. The van der Waals surface area contributed by atoms with Crippen molar-refractivity contribution in [1.29, 1.82) is 0 Å². The van der Waals surface area contributed by atoms with Crippen molar-refractivity contribution in [1.82, 2.24) is 10.6 Å². The number of rotatable bonds is 5. The molecule has 7 heteroatoms. The molecular formula is C20H26Cl2N2O3. The minimum atomic E-state index is -0.188. The van der Waals surface area contributed by atoms with Gasteiger partial charge in [0.15, 0.2) is 6.61 Å². The molecule has 2 fully saturated rings. The molecule has 1 saturated carbocycles. The number of hydrogen-bond acceptors (Lipinski definition) is 3. The minimum absolute atomic E-state index is 0.0502. The summed E-state index contributed by atoms with van der Waals surface area (Å²) in [6.45, 7) is 4.27. The van der Waals surface area contributed by atoms with E-state index in [1.54, 1.807) is 18.2 Å². The van der Waals surface area contributed by atoms with E-state index in [2.05, 4.69) is 24.5 Å². The molecule has 0 bridgehead atoms. The third-order valence-corrected chi connectivity index (χ3v) is 6.23. The Morgan fingerprint density at radius 3 is 2.81 bits per heavy atom. The number of hydrogen-bond donors (Lipinski definition) is 2. The maximum Gasteiger partial charge on any atom is 0.258 e. The Morgan fingerprint density at radius 1 is 1.33 bits per heavy atom. The topological polar surface area (TPSA) is 67.4 Å². The molecule has 3 rings (SSSR count). The normalized spacial score (nSPS) is 27.7. The van der Waals surface area contributed by atoms with Crippen LogP contribution in [0.25, 0.3) is 0 Å². The van der Waals surface area contributed by atoms with Gasteiger partial charge < -0.3 is 15.4 Å². The van der Waals surface area contributed by atoms with Crippen molar-refractivity contribution in [3.05, 3.63) is 28.2 Å². The third-order valence-electron chi connectivity index (χ3n) is 5.70. The monoisotopic (exact) mass is 412 g/mol. The van der Waals surface area contributed by atoms with E-state index in [1.165, 1.54) is 0 Å². The highest BCUT2D eigenvalue weighted by molar-refractivity contribution is 6.35. The van der Waals surface area contributed by atoms with Gasteiger partial charge in [0.25, 0.3) is 5.91 Å². The highest BCUT2D eigenvalue weighted by atomic mass is 35.5. The fourth-order valence-corrected chi connectivity index (χ4v) is 4.83. The van der Waals surface area contributed by atoms with Crippen LogP contribution in [0.5, 0.6) is 5.75 Å².